The zero-order valence-electron chi connectivity index (χ0n) is 15.1. The number of halogens is 1. The zero-order chi connectivity index (χ0) is 19.9. The molecular formula is C22H18FN3O2. The third-order valence-corrected chi connectivity index (χ3v) is 3.96. The van der Waals surface area contributed by atoms with Gasteiger partial charge in [-0.25, -0.2) is 9.82 Å². The number of hydrazone groups is 1. The van der Waals surface area contributed by atoms with E-state index in [1.54, 1.807) is 30.3 Å². The Morgan fingerprint density at radius 1 is 0.893 bits per heavy atom. The Balaban J connectivity index is 1.73. The molecule has 3 aromatic rings. The molecule has 0 unspecified atom stereocenters. The number of nitrogens with zero attached hydrogens (tertiary/aromatic N) is 1. The van der Waals surface area contributed by atoms with Crippen LogP contribution in [0.4, 0.5) is 10.1 Å². The fourth-order valence-corrected chi connectivity index (χ4v) is 2.60. The summed E-state index contributed by atoms with van der Waals surface area (Å²) in [6.07, 6.45) is 1.53. The molecule has 28 heavy (non-hydrogen) atoms. The van der Waals surface area contributed by atoms with Crippen molar-refractivity contribution in [2.75, 3.05) is 5.32 Å². The number of amides is 2. The van der Waals surface area contributed by atoms with E-state index in [4.69, 9.17) is 0 Å². The topological polar surface area (TPSA) is 70.6 Å². The van der Waals surface area contributed by atoms with Crippen molar-refractivity contribution in [2.24, 2.45) is 5.10 Å². The van der Waals surface area contributed by atoms with Gasteiger partial charge in [-0.15, -0.1) is 0 Å². The van der Waals surface area contributed by atoms with Gasteiger partial charge in [-0.05, 0) is 36.8 Å². The molecule has 0 atom stereocenters. The Bertz CT molecular complexity index is 1050. The second-order valence-corrected chi connectivity index (χ2v) is 6.09. The second kappa shape index (κ2) is 8.73. The molecule has 0 fully saturated rings. The van der Waals surface area contributed by atoms with E-state index in [9.17, 15) is 14.0 Å². The molecule has 0 saturated carbocycles. The van der Waals surface area contributed by atoms with Gasteiger partial charge < -0.3 is 5.32 Å². The van der Waals surface area contributed by atoms with Crippen molar-refractivity contribution < 1.29 is 14.0 Å². The fourth-order valence-electron chi connectivity index (χ4n) is 2.60. The molecule has 6 heteroatoms. The summed E-state index contributed by atoms with van der Waals surface area (Å²) in [5.41, 5.74) is 4.74. The number of para-hydroxylation sites is 1. The van der Waals surface area contributed by atoms with Crippen LogP contribution >= 0.6 is 0 Å². The first-order chi connectivity index (χ1) is 13.5. The minimum Gasteiger partial charge on any atom is -0.321 e. The zero-order valence-corrected chi connectivity index (χ0v) is 15.1. The second-order valence-electron chi connectivity index (χ2n) is 6.09. The quantitative estimate of drug-likeness (QED) is 0.519. The molecule has 2 amide bonds. The number of carbonyl (C=O) groups excluding carboxylic acids is 2. The number of aryl methyl sites for hydroxylation is 1. The summed E-state index contributed by atoms with van der Waals surface area (Å²) >= 11 is 0. The Morgan fingerprint density at radius 2 is 1.61 bits per heavy atom. The SMILES string of the molecule is Cc1cccc(/C=N/NC(=O)c2ccccc2NC(=O)c2ccccc2F)c1. The Labute approximate surface area is 161 Å². The molecule has 0 aromatic heterocycles. The van der Waals surface area contributed by atoms with Crippen molar-refractivity contribution in [3.63, 3.8) is 0 Å². The predicted molar refractivity (Wildman–Crippen MR) is 107 cm³/mol. The fraction of sp³-hybridized carbons (Fsp3) is 0.0455. The highest BCUT2D eigenvalue weighted by Crippen LogP contribution is 2.17. The minimum absolute atomic E-state index is 0.102. The van der Waals surface area contributed by atoms with E-state index in [2.05, 4.69) is 15.8 Å². The summed E-state index contributed by atoms with van der Waals surface area (Å²) in [6.45, 7) is 1.96. The number of hydrogen-bond donors (Lipinski definition) is 2. The van der Waals surface area contributed by atoms with Gasteiger partial charge in [-0.3, -0.25) is 9.59 Å². The number of nitrogens with one attached hydrogen (secondary N) is 2. The highest BCUT2D eigenvalue weighted by Gasteiger charge is 2.15. The lowest BCUT2D eigenvalue weighted by atomic mass is 10.1. The number of hydrogen-bond acceptors (Lipinski definition) is 3. The molecule has 0 aliphatic carbocycles. The minimum atomic E-state index is -0.637. The van der Waals surface area contributed by atoms with Crippen molar-refractivity contribution >= 4 is 23.7 Å². The maximum atomic E-state index is 13.8. The van der Waals surface area contributed by atoms with Crippen LogP contribution in [0.15, 0.2) is 77.9 Å². The van der Waals surface area contributed by atoms with Gasteiger partial charge in [0.1, 0.15) is 5.82 Å². The van der Waals surface area contributed by atoms with E-state index >= 15 is 0 Å². The predicted octanol–water partition coefficient (Wildman–Crippen LogP) is 4.15. The molecule has 3 aromatic carbocycles. The summed E-state index contributed by atoms with van der Waals surface area (Å²) in [6, 6.07) is 19.7. The first-order valence-corrected chi connectivity index (χ1v) is 8.59. The molecule has 140 valence electrons. The van der Waals surface area contributed by atoms with E-state index < -0.39 is 17.6 Å². The Morgan fingerprint density at radius 3 is 2.36 bits per heavy atom. The molecule has 2 N–H and O–H groups in total. The molecule has 3 rings (SSSR count). The van der Waals surface area contributed by atoms with Gasteiger partial charge in [-0.2, -0.15) is 5.10 Å². The summed E-state index contributed by atoms with van der Waals surface area (Å²) < 4.78 is 13.8. The van der Waals surface area contributed by atoms with Gasteiger partial charge in [0.15, 0.2) is 0 Å². The molecular weight excluding hydrogens is 357 g/mol. The standard InChI is InChI=1S/C22H18FN3O2/c1-15-7-6-8-16(13-15)14-24-26-22(28)18-10-3-5-12-20(18)25-21(27)17-9-2-4-11-19(17)23/h2-14H,1H3,(H,25,27)(H,26,28)/b24-14+. The maximum absolute atomic E-state index is 13.8. The molecule has 0 bridgehead atoms. The monoisotopic (exact) mass is 375 g/mol. The van der Waals surface area contributed by atoms with Crippen molar-refractivity contribution in [2.45, 2.75) is 6.92 Å². The third kappa shape index (κ3) is 4.67. The van der Waals surface area contributed by atoms with Gasteiger partial charge in [-0.1, -0.05) is 54.1 Å². The van der Waals surface area contributed by atoms with Crippen molar-refractivity contribution in [1.82, 2.24) is 5.43 Å². The molecule has 0 aliphatic heterocycles. The van der Waals surface area contributed by atoms with Crippen LogP contribution in [-0.4, -0.2) is 18.0 Å². The summed E-state index contributed by atoms with van der Waals surface area (Å²) in [7, 11) is 0. The van der Waals surface area contributed by atoms with Crippen molar-refractivity contribution in [3.8, 4) is 0 Å². The van der Waals surface area contributed by atoms with E-state index in [0.717, 1.165) is 11.1 Å². The largest absolute Gasteiger partial charge is 0.321 e. The van der Waals surface area contributed by atoms with Gasteiger partial charge in [0.25, 0.3) is 11.8 Å². The average molecular weight is 375 g/mol. The van der Waals surface area contributed by atoms with Crippen LogP contribution in [-0.2, 0) is 0 Å². The third-order valence-electron chi connectivity index (χ3n) is 3.96. The molecule has 5 nitrogen and oxygen atoms in total. The van der Waals surface area contributed by atoms with Crippen LogP contribution in [0.1, 0.15) is 31.8 Å². The molecule has 0 heterocycles. The van der Waals surface area contributed by atoms with Crippen LogP contribution < -0.4 is 10.7 Å². The van der Waals surface area contributed by atoms with Gasteiger partial charge in [0, 0.05) is 0 Å². The van der Waals surface area contributed by atoms with E-state index in [-0.39, 0.29) is 16.8 Å². The number of carbonyl (C=O) groups is 2. The van der Waals surface area contributed by atoms with Gasteiger partial charge in [0.05, 0.1) is 23.0 Å². The van der Waals surface area contributed by atoms with Crippen LogP contribution in [0.5, 0.6) is 0 Å². The first-order valence-electron chi connectivity index (χ1n) is 8.59. The van der Waals surface area contributed by atoms with Crippen LogP contribution in [0.3, 0.4) is 0 Å². The molecule has 0 aliphatic rings. The van der Waals surface area contributed by atoms with E-state index in [1.807, 2.05) is 31.2 Å². The smallest absolute Gasteiger partial charge is 0.273 e. The van der Waals surface area contributed by atoms with E-state index in [0.29, 0.717) is 0 Å². The lowest BCUT2D eigenvalue weighted by molar-refractivity contribution is 0.0956. The lowest BCUT2D eigenvalue weighted by Gasteiger charge is -2.10. The average Bonchev–Trinajstić information content (AvgIpc) is 2.68. The molecule has 0 radical (unpaired) electrons. The molecule has 0 spiro atoms. The van der Waals surface area contributed by atoms with Gasteiger partial charge >= 0.3 is 0 Å². The van der Waals surface area contributed by atoms with E-state index in [1.165, 1.54) is 24.4 Å². The number of anilines is 1. The maximum Gasteiger partial charge on any atom is 0.273 e. The van der Waals surface area contributed by atoms with Crippen molar-refractivity contribution in [3.05, 3.63) is 101 Å². The number of rotatable bonds is 5. The lowest BCUT2D eigenvalue weighted by Crippen LogP contribution is -2.21. The van der Waals surface area contributed by atoms with Crippen LogP contribution in [0.25, 0.3) is 0 Å². The summed E-state index contributed by atoms with van der Waals surface area (Å²) in [5, 5.41) is 6.53. The van der Waals surface area contributed by atoms with Crippen LogP contribution in [0.2, 0.25) is 0 Å². The van der Waals surface area contributed by atoms with Crippen molar-refractivity contribution in [1.29, 1.82) is 0 Å². The molecule has 0 saturated heterocycles. The Kier molecular flexibility index (Phi) is 5.91. The van der Waals surface area contributed by atoms with Crippen LogP contribution in [0, 0.1) is 12.7 Å². The summed E-state index contributed by atoms with van der Waals surface area (Å²) in [4.78, 5) is 24.8. The highest BCUT2D eigenvalue weighted by atomic mass is 19.1. The van der Waals surface area contributed by atoms with Gasteiger partial charge in [0.2, 0.25) is 0 Å². The highest BCUT2D eigenvalue weighted by molar-refractivity contribution is 6.09. The normalized spacial score (nSPS) is 10.6. The summed E-state index contributed by atoms with van der Waals surface area (Å²) in [5.74, 6) is -1.76. The number of benzene rings is 3. The Hall–Kier alpha value is -3.80. The first kappa shape index (κ1) is 19.0.